The summed E-state index contributed by atoms with van der Waals surface area (Å²) in [5, 5.41) is 14.9. The minimum absolute atomic E-state index is 0.448. The van der Waals surface area contributed by atoms with Crippen molar-refractivity contribution in [3.63, 3.8) is 0 Å². The number of halogens is 1. The molecule has 0 aliphatic carbocycles. The minimum atomic E-state index is 0.448. The molecule has 0 spiro atoms. The number of nitrogens with zero attached hydrogens (tertiary/aromatic N) is 4. The molecule has 6 nitrogen and oxygen atoms in total. The van der Waals surface area contributed by atoms with Gasteiger partial charge in [-0.15, -0.1) is 11.3 Å². The van der Waals surface area contributed by atoms with E-state index < -0.39 is 0 Å². The van der Waals surface area contributed by atoms with Gasteiger partial charge in [-0.2, -0.15) is 5.10 Å². The monoisotopic (exact) mass is 416 g/mol. The number of hydrogen-bond donors (Lipinski definition) is 2. The molecule has 0 radical (unpaired) electrons. The van der Waals surface area contributed by atoms with Crippen molar-refractivity contribution < 1.29 is 0 Å². The minimum Gasteiger partial charge on any atom is -0.357 e. The van der Waals surface area contributed by atoms with Crippen molar-refractivity contribution in [1.82, 2.24) is 25.4 Å². The highest BCUT2D eigenvalue weighted by atomic mass is 35.5. The van der Waals surface area contributed by atoms with Gasteiger partial charge < -0.3 is 10.6 Å². The van der Waals surface area contributed by atoms with E-state index in [0.29, 0.717) is 24.0 Å². The van der Waals surface area contributed by atoms with E-state index in [2.05, 4.69) is 51.9 Å². The third kappa shape index (κ3) is 5.56. The first-order chi connectivity index (χ1) is 13.5. The van der Waals surface area contributed by atoms with Crippen LogP contribution in [0.3, 0.4) is 0 Å². The number of aromatic nitrogens is 3. The summed E-state index contributed by atoms with van der Waals surface area (Å²) in [5.41, 5.74) is 3.14. The Bertz CT molecular complexity index is 913. The summed E-state index contributed by atoms with van der Waals surface area (Å²) < 4.78 is 1.82. The second-order valence-corrected chi connectivity index (χ2v) is 8.02. The van der Waals surface area contributed by atoms with E-state index in [9.17, 15) is 0 Å². The maximum Gasteiger partial charge on any atom is 0.191 e. The molecule has 148 valence electrons. The molecule has 0 aliphatic heterocycles. The molecule has 0 bridgehead atoms. The Morgan fingerprint density at radius 3 is 2.71 bits per heavy atom. The zero-order valence-electron chi connectivity index (χ0n) is 16.3. The van der Waals surface area contributed by atoms with Gasteiger partial charge >= 0.3 is 0 Å². The molecule has 3 aromatic rings. The first-order valence-electron chi connectivity index (χ1n) is 9.31. The van der Waals surface area contributed by atoms with Crippen molar-refractivity contribution in [3.05, 3.63) is 63.3 Å². The summed E-state index contributed by atoms with van der Waals surface area (Å²) in [6.07, 6.45) is 3.81. The smallest absolute Gasteiger partial charge is 0.191 e. The molecule has 28 heavy (non-hydrogen) atoms. The molecule has 2 aromatic heterocycles. The van der Waals surface area contributed by atoms with Gasteiger partial charge in [-0.25, -0.2) is 14.7 Å². The number of aliphatic imine (C=N–C) groups is 1. The fourth-order valence-electron chi connectivity index (χ4n) is 2.52. The van der Waals surface area contributed by atoms with Gasteiger partial charge in [-0.3, -0.25) is 0 Å². The van der Waals surface area contributed by atoms with Gasteiger partial charge in [-0.1, -0.05) is 25.4 Å². The van der Waals surface area contributed by atoms with E-state index in [1.807, 2.05) is 41.3 Å². The van der Waals surface area contributed by atoms with Crippen molar-refractivity contribution in [3.8, 4) is 5.69 Å². The zero-order chi connectivity index (χ0) is 19.9. The average molecular weight is 417 g/mol. The van der Waals surface area contributed by atoms with E-state index in [4.69, 9.17) is 11.6 Å². The van der Waals surface area contributed by atoms with Crippen molar-refractivity contribution in [2.24, 2.45) is 4.99 Å². The molecule has 0 fully saturated rings. The number of guanidine groups is 1. The molecule has 0 unspecified atom stereocenters. The molecule has 2 N–H and O–H groups in total. The van der Waals surface area contributed by atoms with Gasteiger partial charge in [0.1, 0.15) is 5.01 Å². The predicted octanol–water partition coefficient (Wildman–Crippen LogP) is 4.36. The fourth-order valence-corrected chi connectivity index (χ4v) is 3.54. The van der Waals surface area contributed by atoms with Crippen molar-refractivity contribution in [2.75, 3.05) is 6.54 Å². The van der Waals surface area contributed by atoms with Gasteiger partial charge in [-0.05, 0) is 37.1 Å². The molecular formula is C20H25ClN6S. The van der Waals surface area contributed by atoms with Gasteiger partial charge in [0, 0.05) is 28.7 Å². The highest BCUT2D eigenvalue weighted by Crippen LogP contribution is 2.17. The van der Waals surface area contributed by atoms with Crippen LogP contribution in [0.4, 0.5) is 0 Å². The van der Waals surface area contributed by atoms with Crippen LogP contribution in [0.25, 0.3) is 5.69 Å². The number of benzene rings is 1. The summed E-state index contributed by atoms with van der Waals surface area (Å²) in [7, 11) is 0. The molecule has 0 amide bonds. The molecular weight excluding hydrogens is 392 g/mol. The Balaban J connectivity index is 1.61. The summed E-state index contributed by atoms with van der Waals surface area (Å²) in [6.45, 7) is 8.36. The third-order valence-corrected chi connectivity index (χ3v) is 5.18. The predicted molar refractivity (Wildman–Crippen MR) is 116 cm³/mol. The number of thiazole rings is 1. The summed E-state index contributed by atoms with van der Waals surface area (Å²) in [4.78, 5) is 9.31. The molecule has 0 saturated carbocycles. The SMILES string of the molecule is CCNC(=NCc1cnn(-c2ccc(Cl)cc2)c1)NCc1nc(C(C)C)cs1. The Labute approximate surface area is 174 Å². The lowest BCUT2D eigenvalue weighted by atomic mass is 10.2. The second kappa shape index (κ2) is 9.71. The third-order valence-electron chi connectivity index (χ3n) is 4.06. The Kier molecular flexibility index (Phi) is 7.06. The summed E-state index contributed by atoms with van der Waals surface area (Å²) in [5.74, 6) is 1.21. The van der Waals surface area contributed by atoms with Crippen LogP contribution in [0.15, 0.2) is 47.0 Å². The molecule has 0 saturated heterocycles. The zero-order valence-corrected chi connectivity index (χ0v) is 17.9. The van der Waals surface area contributed by atoms with Gasteiger partial charge in [0.25, 0.3) is 0 Å². The van der Waals surface area contributed by atoms with E-state index in [-0.39, 0.29) is 0 Å². The Morgan fingerprint density at radius 1 is 1.25 bits per heavy atom. The largest absolute Gasteiger partial charge is 0.357 e. The maximum absolute atomic E-state index is 5.94. The molecule has 3 rings (SSSR count). The molecule has 2 heterocycles. The molecule has 8 heteroatoms. The van der Waals surface area contributed by atoms with Crippen molar-refractivity contribution >= 4 is 28.9 Å². The van der Waals surface area contributed by atoms with Crippen LogP contribution in [0.2, 0.25) is 5.02 Å². The van der Waals surface area contributed by atoms with Crippen LogP contribution in [-0.2, 0) is 13.1 Å². The Morgan fingerprint density at radius 2 is 2.04 bits per heavy atom. The van der Waals surface area contributed by atoms with E-state index in [1.165, 1.54) is 0 Å². The van der Waals surface area contributed by atoms with E-state index in [0.717, 1.165) is 34.5 Å². The lowest BCUT2D eigenvalue weighted by Gasteiger charge is -2.09. The van der Waals surface area contributed by atoms with Crippen LogP contribution in [-0.4, -0.2) is 27.3 Å². The van der Waals surface area contributed by atoms with Crippen molar-refractivity contribution in [1.29, 1.82) is 0 Å². The van der Waals surface area contributed by atoms with Crippen molar-refractivity contribution in [2.45, 2.75) is 39.8 Å². The van der Waals surface area contributed by atoms with Gasteiger partial charge in [0.2, 0.25) is 0 Å². The first-order valence-corrected chi connectivity index (χ1v) is 10.6. The van der Waals surface area contributed by atoms with E-state index in [1.54, 1.807) is 11.3 Å². The lowest BCUT2D eigenvalue weighted by Crippen LogP contribution is -2.36. The molecule has 1 aromatic carbocycles. The number of rotatable bonds is 7. The fraction of sp³-hybridized carbons (Fsp3) is 0.350. The summed E-state index contributed by atoms with van der Waals surface area (Å²) in [6, 6.07) is 7.58. The van der Waals surface area contributed by atoms with Crippen LogP contribution in [0.1, 0.15) is 43.0 Å². The highest BCUT2D eigenvalue weighted by molar-refractivity contribution is 7.09. The van der Waals surface area contributed by atoms with Gasteiger partial charge in [0.05, 0.1) is 30.7 Å². The Hall–Kier alpha value is -2.38. The summed E-state index contributed by atoms with van der Waals surface area (Å²) >= 11 is 7.62. The molecule has 0 atom stereocenters. The maximum atomic E-state index is 5.94. The van der Waals surface area contributed by atoms with Crippen LogP contribution in [0, 0.1) is 0 Å². The van der Waals surface area contributed by atoms with Crippen LogP contribution < -0.4 is 10.6 Å². The highest BCUT2D eigenvalue weighted by Gasteiger charge is 2.07. The first kappa shape index (κ1) is 20.4. The quantitative estimate of drug-likeness (QED) is 0.443. The second-order valence-electron chi connectivity index (χ2n) is 6.64. The normalized spacial score (nSPS) is 11.8. The number of nitrogens with one attached hydrogen (secondary N) is 2. The van der Waals surface area contributed by atoms with Crippen LogP contribution in [0.5, 0.6) is 0 Å². The van der Waals surface area contributed by atoms with Crippen LogP contribution >= 0.6 is 22.9 Å². The van der Waals surface area contributed by atoms with Gasteiger partial charge in [0.15, 0.2) is 5.96 Å². The lowest BCUT2D eigenvalue weighted by molar-refractivity contribution is 0.788. The molecule has 0 aliphatic rings. The topological polar surface area (TPSA) is 67.1 Å². The average Bonchev–Trinajstić information content (AvgIpc) is 3.34. The number of hydrogen-bond acceptors (Lipinski definition) is 4. The standard InChI is InChI=1S/C20H25ClN6S/c1-4-22-20(24-11-19-26-18(13-28-19)14(2)3)23-9-15-10-25-27(12-15)17-7-5-16(21)6-8-17/h5-8,10,12-14H,4,9,11H2,1-3H3,(H2,22,23,24). The van der Waals surface area contributed by atoms with E-state index >= 15 is 0 Å².